The van der Waals surface area contributed by atoms with Crippen LogP contribution in [0.4, 0.5) is 0 Å². The molecule has 1 aromatic carbocycles. The largest absolute Gasteiger partial charge is 0.490 e. The average Bonchev–Trinajstić information content (AvgIpc) is 3.05. The fraction of sp³-hybridized carbons (Fsp3) is 0.600. The summed E-state index contributed by atoms with van der Waals surface area (Å²) in [5.74, 6) is 0.971. The zero-order valence-corrected chi connectivity index (χ0v) is 16.3. The van der Waals surface area contributed by atoms with Gasteiger partial charge in [0.2, 0.25) is 5.91 Å². The maximum Gasteiger partial charge on any atom is 0.222 e. The molecular formula is C20H30N4O3. The second-order valence-corrected chi connectivity index (χ2v) is 7.39. The van der Waals surface area contributed by atoms with Gasteiger partial charge in [0.25, 0.3) is 0 Å². The summed E-state index contributed by atoms with van der Waals surface area (Å²) in [7, 11) is 2.08. The van der Waals surface area contributed by atoms with Crippen LogP contribution in [0, 0.1) is 6.92 Å². The van der Waals surface area contributed by atoms with Gasteiger partial charge in [-0.3, -0.25) is 9.89 Å². The summed E-state index contributed by atoms with van der Waals surface area (Å²) in [6.45, 7) is 5.75. The molecule has 0 unspecified atom stereocenters. The highest BCUT2D eigenvalue weighted by Crippen LogP contribution is 2.27. The maximum atomic E-state index is 12.2. The smallest absolute Gasteiger partial charge is 0.222 e. The van der Waals surface area contributed by atoms with Crippen molar-refractivity contribution in [3.8, 4) is 5.75 Å². The van der Waals surface area contributed by atoms with Crippen LogP contribution in [-0.4, -0.2) is 76.9 Å². The van der Waals surface area contributed by atoms with Gasteiger partial charge in [-0.2, -0.15) is 5.10 Å². The molecule has 0 bridgehead atoms. The monoisotopic (exact) mass is 374 g/mol. The van der Waals surface area contributed by atoms with Crippen LogP contribution in [0.2, 0.25) is 0 Å². The summed E-state index contributed by atoms with van der Waals surface area (Å²) in [4.78, 5) is 16.4. The van der Waals surface area contributed by atoms with Crippen LogP contribution in [0.5, 0.6) is 5.75 Å². The van der Waals surface area contributed by atoms with Gasteiger partial charge in [0, 0.05) is 38.3 Å². The molecule has 3 rings (SSSR count). The molecule has 1 aliphatic rings. The second kappa shape index (κ2) is 9.19. The topological polar surface area (TPSA) is 81.7 Å². The quantitative estimate of drug-likeness (QED) is 0.690. The third-order valence-electron chi connectivity index (χ3n) is 5.19. The summed E-state index contributed by atoms with van der Waals surface area (Å²) >= 11 is 0. The van der Waals surface area contributed by atoms with E-state index in [-0.39, 0.29) is 12.5 Å². The number of carbonyl (C=O) groups is 1. The number of aromatic amines is 1. The van der Waals surface area contributed by atoms with Gasteiger partial charge in [0.05, 0.1) is 17.0 Å². The molecule has 148 valence electrons. The van der Waals surface area contributed by atoms with Gasteiger partial charge in [-0.05, 0) is 38.9 Å². The van der Waals surface area contributed by atoms with Crippen molar-refractivity contribution in [3.05, 3.63) is 23.9 Å². The Kier molecular flexibility index (Phi) is 6.68. The lowest BCUT2D eigenvalue weighted by molar-refractivity contribution is -0.132. The number of nitrogens with one attached hydrogen (secondary N) is 1. The molecule has 2 aromatic rings. The number of likely N-dealkylation sites (N-methyl/N-ethyl adjacent to an activating group) is 1. The number of piperazine rings is 1. The number of H-pyrrole nitrogens is 1. The Morgan fingerprint density at radius 1 is 1.30 bits per heavy atom. The molecule has 1 saturated heterocycles. The number of fused-ring (bicyclic) bond motifs is 1. The third-order valence-corrected chi connectivity index (χ3v) is 5.19. The Bertz CT molecular complexity index is 753. The van der Waals surface area contributed by atoms with Gasteiger partial charge in [0.15, 0.2) is 0 Å². The van der Waals surface area contributed by atoms with Crippen LogP contribution >= 0.6 is 0 Å². The van der Waals surface area contributed by atoms with Crippen molar-refractivity contribution >= 4 is 16.8 Å². The maximum absolute atomic E-state index is 12.2. The highest BCUT2D eigenvalue weighted by atomic mass is 16.5. The molecule has 1 aromatic heterocycles. The van der Waals surface area contributed by atoms with Crippen molar-refractivity contribution in [1.29, 1.82) is 0 Å². The van der Waals surface area contributed by atoms with Crippen LogP contribution in [0.1, 0.15) is 31.4 Å². The lowest BCUT2D eigenvalue weighted by Crippen LogP contribution is -2.47. The standard InChI is InChI=1S/C20H30N4O3/c1-15-20-17(22-21-15)7-5-8-18(20)27-14-16(25)6-3-4-9-19(26)24-12-10-23(2)11-13-24/h5,7-8,16,25H,3-4,6,9-14H2,1-2H3,(H,21,22)/t16-/m0/s1. The highest BCUT2D eigenvalue weighted by Gasteiger charge is 2.18. The predicted molar refractivity (Wildman–Crippen MR) is 105 cm³/mol. The van der Waals surface area contributed by atoms with E-state index in [1.807, 2.05) is 30.0 Å². The Morgan fingerprint density at radius 3 is 2.85 bits per heavy atom. The number of unbranched alkanes of at least 4 members (excludes halogenated alkanes) is 1. The van der Waals surface area contributed by atoms with E-state index in [0.717, 1.165) is 61.4 Å². The molecule has 1 atom stereocenters. The highest BCUT2D eigenvalue weighted by molar-refractivity contribution is 5.87. The molecule has 0 aliphatic carbocycles. The first-order chi connectivity index (χ1) is 13.0. The Balaban J connectivity index is 1.35. The van der Waals surface area contributed by atoms with Crippen molar-refractivity contribution in [1.82, 2.24) is 20.0 Å². The van der Waals surface area contributed by atoms with E-state index in [2.05, 4.69) is 22.1 Å². The molecule has 1 aliphatic heterocycles. The normalized spacial score (nSPS) is 16.6. The number of nitrogens with zero attached hydrogens (tertiary/aromatic N) is 3. The van der Waals surface area contributed by atoms with E-state index < -0.39 is 6.10 Å². The molecule has 2 N–H and O–H groups in total. The number of aryl methyl sites for hydroxylation is 1. The number of amides is 1. The van der Waals surface area contributed by atoms with Crippen molar-refractivity contribution in [2.24, 2.45) is 0 Å². The van der Waals surface area contributed by atoms with E-state index in [9.17, 15) is 9.90 Å². The lowest BCUT2D eigenvalue weighted by atomic mass is 10.1. The van der Waals surface area contributed by atoms with E-state index in [0.29, 0.717) is 12.8 Å². The minimum absolute atomic E-state index is 0.232. The van der Waals surface area contributed by atoms with E-state index in [4.69, 9.17) is 4.74 Å². The van der Waals surface area contributed by atoms with Crippen LogP contribution in [-0.2, 0) is 4.79 Å². The first-order valence-electron chi connectivity index (χ1n) is 9.75. The second-order valence-electron chi connectivity index (χ2n) is 7.39. The van der Waals surface area contributed by atoms with Gasteiger partial charge in [0.1, 0.15) is 12.4 Å². The number of rotatable bonds is 8. The number of hydrogen-bond donors (Lipinski definition) is 2. The third kappa shape index (κ3) is 5.20. The average molecular weight is 374 g/mol. The van der Waals surface area contributed by atoms with E-state index >= 15 is 0 Å². The van der Waals surface area contributed by atoms with Gasteiger partial charge >= 0.3 is 0 Å². The lowest BCUT2D eigenvalue weighted by Gasteiger charge is -2.32. The molecule has 7 heteroatoms. The number of aliphatic hydroxyl groups excluding tert-OH is 1. The fourth-order valence-electron chi connectivity index (χ4n) is 3.45. The predicted octanol–water partition coefficient (Wildman–Crippen LogP) is 1.95. The molecule has 0 radical (unpaired) electrons. The SMILES string of the molecule is Cc1[nH]nc2cccc(OC[C@@H](O)CCCCC(=O)N3CCN(C)CC3)c12. The first kappa shape index (κ1) is 19.6. The molecule has 1 fully saturated rings. The molecule has 7 nitrogen and oxygen atoms in total. The molecular weight excluding hydrogens is 344 g/mol. The molecule has 2 heterocycles. The van der Waals surface area contributed by atoms with Gasteiger partial charge in [-0.25, -0.2) is 0 Å². The zero-order chi connectivity index (χ0) is 19.2. The summed E-state index contributed by atoms with van der Waals surface area (Å²) in [5.41, 5.74) is 1.82. The summed E-state index contributed by atoms with van der Waals surface area (Å²) in [6.07, 6.45) is 2.28. The summed E-state index contributed by atoms with van der Waals surface area (Å²) in [6, 6.07) is 5.72. The van der Waals surface area contributed by atoms with Crippen LogP contribution in [0.15, 0.2) is 18.2 Å². The number of aromatic nitrogens is 2. The number of aliphatic hydroxyl groups is 1. The molecule has 1 amide bonds. The minimum atomic E-state index is -0.536. The van der Waals surface area contributed by atoms with Gasteiger partial charge in [-0.1, -0.05) is 12.5 Å². The van der Waals surface area contributed by atoms with Crippen LogP contribution in [0.3, 0.4) is 0 Å². The van der Waals surface area contributed by atoms with Crippen molar-refractivity contribution in [2.75, 3.05) is 39.8 Å². The number of ether oxygens (including phenoxy) is 1. The Labute approximate surface area is 160 Å². The molecule has 27 heavy (non-hydrogen) atoms. The van der Waals surface area contributed by atoms with Crippen molar-refractivity contribution in [3.63, 3.8) is 0 Å². The summed E-state index contributed by atoms with van der Waals surface area (Å²) in [5, 5.41) is 18.3. The Hall–Kier alpha value is -2.12. The van der Waals surface area contributed by atoms with Gasteiger partial charge in [-0.15, -0.1) is 0 Å². The van der Waals surface area contributed by atoms with Crippen LogP contribution in [0.25, 0.3) is 10.9 Å². The number of hydrogen-bond acceptors (Lipinski definition) is 5. The van der Waals surface area contributed by atoms with Crippen LogP contribution < -0.4 is 4.74 Å². The number of benzene rings is 1. The van der Waals surface area contributed by atoms with Crippen molar-refractivity contribution < 1.29 is 14.6 Å². The first-order valence-corrected chi connectivity index (χ1v) is 9.75. The zero-order valence-electron chi connectivity index (χ0n) is 16.3. The molecule has 0 saturated carbocycles. The Morgan fingerprint density at radius 2 is 2.07 bits per heavy atom. The van der Waals surface area contributed by atoms with Crippen molar-refractivity contribution in [2.45, 2.75) is 38.7 Å². The van der Waals surface area contributed by atoms with E-state index in [1.54, 1.807) is 0 Å². The number of carbonyl (C=O) groups excluding carboxylic acids is 1. The minimum Gasteiger partial charge on any atom is -0.490 e. The molecule has 0 spiro atoms. The fourth-order valence-corrected chi connectivity index (χ4v) is 3.45. The van der Waals surface area contributed by atoms with E-state index in [1.165, 1.54) is 0 Å². The van der Waals surface area contributed by atoms with Gasteiger partial charge < -0.3 is 19.6 Å². The summed E-state index contributed by atoms with van der Waals surface area (Å²) < 4.78 is 5.81.